The van der Waals surface area contributed by atoms with E-state index in [0.29, 0.717) is 17.9 Å². The van der Waals surface area contributed by atoms with Crippen LogP contribution in [0.4, 0.5) is 0 Å². The highest BCUT2D eigenvalue weighted by Gasteiger charge is 2.38. The summed E-state index contributed by atoms with van der Waals surface area (Å²) in [4.78, 5) is 0. The standard InChI is InChI=1S/C37H36O3/c1-36(2,3)32-22-14-23-33(35(32)40-26-27-15-7-5-8-16-27)37(38,29-18-9-6-10-19-29)30-20-13-17-28(25-30)31-21-11-12-24-34(31)39-4/h5-25,38H,26H2,1-4H3. The third kappa shape index (κ3) is 5.38. The topological polar surface area (TPSA) is 38.7 Å². The quantitative estimate of drug-likeness (QED) is 0.205. The highest BCUT2D eigenvalue weighted by Crippen LogP contribution is 2.46. The maximum Gasteiger partial charge on any atom is 0.144 e. The summed E-state index contributed by atoms with van der Waals surface area (Å²) in [5.41, 5.74) is 4.56. The molecule has 0 fully saturated rings. The van der Waals surface area contributed by atoms with Gasteiger partial charge in [-0.05, 0) is 45.4 Å². The van der Waals surface area contributed by atoms with Gasteiger partial charge in [0.05, 0.1) is 7.11 Å². The Balaban J connectivity index is 1.74. The van der Waals surface area contributed by atoms with Crippen molar-refractivity contribution < 1.29 is 14.6 Å². The van der Waals surface area contributed by atoms with Gasteiger partial charge in [-0.15, -0.1) is 0 Å². The number of benzene rings is 5. The maximum absolute atomic E-state index is 13.0. The molecule has 0 spiro atoms. The third-order valence-electron chi connectivity index (χ3n) is 7.33. The van der Waals surface area contributed by atoms with E-state index in [1.807, 2.05) is 103 Å². The van der Waals surface area contributed by atoms with Crippen molar-refractivity contribution in [3.05, 3.63) is 155 Å². The second-order valence-corrected chi connectivity index (χ2v) is 11.1. The Bertz CT molecular complexity index is 1570. The summed E-state index contributed by atoms with van der Waals surface area (Å²) in [6.45, 7) is 6.91. The van der Waals surface area contributed by atoms with Gasteiger partial charge in [0, 0.05) is 11.1 Å². The number of methoxy groups -OCH3 is 1. The van der Waals surface area contributed by atoms with Crippen molar-refractivity contribution in [2.24, 2.45) is 0 Å². The fourth-order valence-electron chi connectivity index (χ4n) is 5.25. The van der Waals surface area contributed by atoms with E-state index < -0.39 is 5.60 Å². The number of rotatable bonds is 8. The summed E-state index contributed by atoms with van der Waals surface area (Å²) in [6, 6.07) is 42.1. The molecule has 3 heteroatoms. The maximum atomic E-state index is 13.0. The first kappa shape index (κ1) is 27.2. The molecule has 1 atom stereocenters. The Morgan fingerprint density at radius 3 is 1.93 bits per heavy atom. The van der Waals surface area contributed by atoms with Crippen LogP contribution in [0.2, 0.25) is 0 Å². The molecule has 0 aliphatic carbocycles. The molecule has 0 amide bonds. The Kier molecular flexibility index (Phi) is 7.77. The number of aliphatic hydroxyl groups is 1. The fourth-order valence-corrected chi connectivity index (χ4v) is 5.25. The molecular formula is C37H36O3. The summed E-state index contributed by atoms with van der Waals surface area (Å²) >= 11 is 0. The minimum Gasteiger partial charge on any atom is -0.496 e. The average Bonchev–Trinajstić information content (AvgIpc) is 3.00. The smallest absolute Gasteiger partial charge is 0.144 e. The molecule has 40 heavy (non-hydrogen) atoms. The van der Waals surface area contributed by atoms with Crippen LogP contribution in [0.5, 0.6) is 11.5 Å². The van der Waals surface area contributed by atoms with Gasteiger partial charge in [0.25, 0.3) is 0 Å². The van der Waals surface area contributed by atoms with Crippen molar-refractivity contribution in [1.29, 1.82) is 0 Å². The second kappa shape index (κ2) is 11.4. The molecule has 0 saturated carbocycles. The van der Waals surface area contributed by atoms with Crippen LogP contribution in [0.1, 0.15) is 48.6 Å². The van der Waals surface area contributed by atoms with Gasteiger partial charge in [-0.3, -0.25) is 0 Å². The van der Waals surface area contributed by atoms with E-state index >= 15 is 0 Å². The van der Waals surface area contributed by atoms with Crippen LogP contribution in [-0.2, 0) is 17.6 Å². The molecule has 0 saturated heterocycles. The van der Waals surface area contributed by atoms with E-state index in [9.17, 15) is 5.11 Å². The zero-order valence-corrected chi connectivity index (χ0v) is 23.6. The molecule has 0 aromatic heterocycles. The van der Waals surface area contributed by atoms with Crippen LogP contribution in [0.15, 0.2) is 127 Å². The van der Waals surface area contributed by atoms with Crippen LogP contribution >= 0.6 is 0 Å². The summed E-state index contributed by atoms with van der Waals surface area (Å²) in [5, 5.41) is 13.0. The Hall–Kier alpha value is -4.34. The second-order valence-electron chi connectivity index (χ2n) is 11.1. The van der Waals surface area contributed by atoms with Gasteiger partial charge in [0.2, 0.25) is 0 Å². The van der Waals surface area contributed by atoms with Crippen molar-refractivity contribution in [1.82, 2.24) is 0 Å². The highest BCUT2D eigenvalue weighted by atomic mass is 16.5. The van der Waals surface area contributed by atoms with Gasteiger partial charge < -0.3 is 14.6 Å². The lowest BCUT2D eigenvalue weighted by Crippen LogP contribution is -2.30. The van der Waals surface area contributed by atoms with E-state index in [4.69, 9.17) is 9.47 Å². The Morgan fingerprint density at radius 2 is 1.23 bits per heavy atom. The van der Waals surface area contributed by atoms with Crippen LogP contribution in [0.3, 0.4) is 0 Å². The van der Waals surface area contributed by atoms with Gasteiger partial charge >= 0.3 is 0 Å². The van der Waals surface area contributed by atoms with Crippen molar-refractivity contribution in [3.8, 4) is 22.6 Å². The highest BCUT2D eigenvalue weighted by molar-refractivity contribution is 5.72. The van der Waals surface area contributed by atoms with Gasteiger partial charge in [0.1, 0.15) is 23.7 Å². The third-order valence-corrected chi connectivity index (χ3v) is 7.33. The lowest BCUT2D eigenvalue weighted by atomic mass is 9.76. The number of hydrogen-bond acceptors (Lipinski definition) is 3. The van der Waals surface area contributed by atoms with Crippen molar-refractivity contribution in [2.45, 2.75) is 38.4 Å². The van der Waals surface area contributed by atoms with Crippen molar-refractivity contribution in [2.75, 3.05) is 7.11 Å². The first-order valence-electron chi connectivity index (χ1n) is 13.6. The molecule has 3 nitrogen and oxygen atoms in total. The van der Waals surface area contributed by atoms with E-state index in [1.54, 1.807) is 7.11 Å². The predicted molar refractivity (Wildman–Crippen MR) is 163 cm³/mol. The summed E-state index contributed by atoms with van der Waals surface area (Å²) in [7, 11) is 1.68. The Morgan fingerprint density at radius 1 is 0.625 bits per heavy atom. The van der Waals surface area contributed by atoms with Gasteiger partial charge in [-0.25, -0.2) is 0 Å². The minimum atomic E-state index is -1.48. The molecule has 0 heterocycles. The van der Waals surface area contributed by atoms with E-state index in [2.05, 4.69) is 45.0 Å². The lowest BCUT2D eigenvalue weighted by molar-refractivity contribution is 0.119. The van der Waals surface area contributed by atoms with E-state index in [0.717, 1.165) is 39.1 Å². The van der Waals surface area contributed by atoms with E-state index in [-0.39, 0.29) is 5.41 Å². The SMILES string of the molecule is COc1ccccc1-c1cccc(C(O)(c2ccccc2)c2cccc(C(C)(C)C)c2OCc2ccccc2)c1. The van der Waals surface area contributed by atoms with Gasteiger partial charge in [0.15, 0.2) is 0 Å². The van der Waals surface area contributed by atoms with Crippen LogP contribution in [0.25, 0.3) is 11.1 Å². The molecule has 0 radical (unpaired) electrons. The molecule has 0 bridgehead atoms. The van der Waals surface area contributed by atoms with Crippen LogP contribution < -0.4 is 9.47 Å². The molecule has 0 aliphatic rings. The summed E-state index contributed by atoms with van der Waals surface area (Å²) < 4.78 is 12.3. The molecule has 5 aromatic carbocycles. The number of ether oxygens (including phenoxy) is 2. The first-order chi connectivity index (χ1) is 19.3. The largest absolute Gasteiger partial charge is 0.496 e. The van der Waals surface area contributed by atoms with Crippen LogP contribution in [-0.4, -0.2) is 12.2 Å². The monoisotopic (exact) mass is 528 g/mol. The fraction of sp³-hybridized carbons (Fsp3) is 0.189. The van der Waals surface area contributed by atoms with Crippen LogP contribution in [0, 0.1) is 0 Å². The predicted octanol–water partition coefficient (Wildman–Crippen LogP) is 8.52. The zero-order chi connectivity index (χ0) is 28.2. The van der Waals surface area contributed by atoms with E-state index in [1.165, 1.54) is 0 Å². The van der Waals surface area contributed by atoms with Gasteiger partial charge in [-0.2, -0.15) is 0 Å². The lowest BCUT2D eigenvalue weighted by Gasteiger charge is -2.34. The molecule has 0 aliphatic heterocycles. The number of para-hydroxylation sites is 2. The summed E-state index contributed by atoms with van der Waals surface area (Å²) in [5.74, 6) is 1.48. The average molecular weight is 529 g/mol. The van der Waals surface area contributed by atoms with Crippen molar-refractivity contribution in [3.63, 3.8) is 0 Å². The number of hydrogen-bond donors (Lipinski definition) is 1. The summed E-state index contributed by atoms with van der Waals surface area (Å²) in [6.07, 6.45) is 0. The molecule has 202 valence electrons. The molecule has 5 rings (SSSR count). The molecule has 1 unspecified atom stereocenters. The van der Waals surface area contributed by atoms with Gasteiger partial charge in [-0.1, -0.05) is 136 Å². The Labute approximate surface area is 237 Å². The molecule has 5 aromatic rings. The zero-order valence-electron chi connectivity index (χ0n) is 23.6. The van der Waals surface area contributed by atoms with Crippen molar-refractivity contribution >= 4 is 0 Å². The minimum absolute atomic E-state index is 0.209. The first-order valence-corrected chi connectivity index (χ1v) is 13.6. The molecular weight excluding hydrogens is 492 g/mol. The molecule has 1 N–H and O–H groups in total. The normalized spacial score (nSPS) is 12.9.